The van der Waals surface area contributed by atoms with E-state index < -0.39 is 28.0 Å². The van der Waals surface area contributed by atoms with E-state index in [9.17, 15) is 13.8 Å². The molecule has 18 heavy (non-hydrogen) atoms. The van der Waals surface area contributed by atoms with Crippen molar-refractivity contribution in [3.63, 3.8) is 0 Å². The fraction of sp³-hybridized carbons (Fsp3) is 0.833. The van der Waals surface area contributed by atoms with Gasteiger partial charge in [-0.2, -0.15) is 0 Å². The monoisotopic (exact) mass is 276 g/mol. The van der Waals surface area contributed by atoms with E-state index in [1.165, 1.54) is 13.3 Å². The molecule has 1 aliphatic rings. The molecule has 0 heterocycles. The minimum Gasteiger partial charge on any atom is -0.481 e. The molecular formula is C12H20O5S. The molecule has 1 N–H and O–H groups in total. The zero-order valence-electron chi connectivity index (χ0n) is 10.6. The summed E-state index contributed by atoms with van der Waals surface area (Å²) in [5.41, 5.74) is 0. The Morgan fingerprint density at radius 2 is 1.94 bits per heavy atom. The molecule has 2 atom stereocenters. The smallest absolute Gasteiger partial charge is 0.321 e. The molecule has 1 aliphatic carbocycles. The van der Waals surface area contributed by atoms with Crippen LogP contribution in [0.15, 0.2) is 0 Å². The number of carboxylic acid groups (broad SMARTS) is 1. The van der Waals surface area contributed by atoms with E-state index in [-0.39, 0.29) is 18.3 Å². The van der Waals surface area contributed by atoms with Crippen molar-refractivity contribution in [3.8, 4) is 0 Å². The van der Waals surface area contributed by atoms with Gasteiger partial charge in [0.1, 0.15) is 11.4 Å². The van der Waals surface area contributed by atoms with E-state index in [2.05, 4.69) is 0 Å². The molecule has 1 fully saturated rings. The maximum absolute atomic E-state index is 11.7. The predicted molar refractivity (Wildman–Crippen MR) is 67.7 cm³/mol. The summed E-state index contributed by atoms with van der Waals surface area (Å²) in [6.07, 6.45) is 4.82. The molecule has 0 aliphatic heterocycles. The minimum absolute atomic E-state index is 0.00370. The van der Waals surface area contributed by atoms with Crippen LogP contribution in [0.2, 0.25) is 0 Å². The van der Waals surface area contributed by atoms with E-state index >= 15 is 0 Å². The Morgan fingerprint density at radius 3 is 2.50 bits per heavy atom. The second kappa shape index (κ2) is 7.51. The van der Waals surface area contributed by atoms with E-state index in [0.717, 1.165) is 25.7 Å². The number of rotatable bonds is 6. The van der Waals surface area contributed by atoms with Crippen molar-refractivity contribution in [2.75, 3.05) is 5.75 Å². The van der Waals surface area contributed by atoms with Crippen molar-refractivity contribution < 1.29 is 23.6 Å². The van der Waals surface area contributed by atoms with Crippen LogP contribution in [-0.4, -0.2) is 38.4 Å². The van der Waals surface area contributed by atoms with Crippen LogP contribution >= 0.6 is 0 Å². The maximum Gasteiger partial charge on any atom is 0.321 e. The summed E-state index contributed by atoms with van der Waals surface area (Å²) >= 11 is 0. The molecule has 104 valence electrons. The number of carbonyl (C=O) groups is 2. The number of hydrogen-bond donors (Lipinski definition) is 1. The van der Waals surface area contributed by atoms with Crippen LogP contribution in [0.3, 0.4) is 0 Å². The van der Waals surface area contributed by atoms with E-state index in [1.54, 1.807) is 0 Å². The first kappa shape index (κ1) is 15.1. The van der Waals surface area contributed by atoms with Crippen LogP contribution in [-0.2, 0) is 25.1 Å². The lowest BCUT2D eigenvalue weighted by atomic mass is 9.98. The van der Waals surface area contributed by atoms with Crippen LogP contribution < -0.4 is 0 Å². The summed E-state index contributed by atoms with van der Waals surface area (Å²) in [4.78, 5) is 22.1. The van der Waals surface area contributed by atoms with Gasteiger partial charge >= 0.3 is 11.9 Å². The third-order valence-electron chi connectivity index (χ3n) is 3.08. The molecule has 0 amide bonds. The van der Waals surface area contributed by atoms with Gasteiger partial charge in [-0.1, -0.05) is 6.42 Å². The summed E-state index contributed by atoms with van der Waals surface area (Å²) in [5, 5.41) is 7.75. The van der Waals surface area contributed by atoms with Gasteiger partial charge in [-0.05, 0) is 32.6 Å². The van der Waals surface area contributed by atoms with Crippen LogP contribution in [0.5, 0.6) is 0 Å². The van der Waals surface area contributed by atoms with E-state index in [0.29, 0.717) is 0 Å². The lowest BCUT2D eigenvalue weighted by Gasteiger charge is -2.23. The zero-order valence-corrected chi connectivity index (χ0v) is 11.4. The standard InChI is InChI=1S/C12H20O5S/c1-9(18(16)8-7-11(13)14)12(15)17-10-5-3-2-4-6-10/h9-10H,2-8H2,1H3,(H,13,14). The van der Waals surface area contributed by atoms with Gasteiger partial charge in [0.25, 0.3) is 0 Å². The highest BCUT2D eigenvalue weighted by atomic mass is 32.2. The Labute approximate surface area is 109 Å². The molecule has 0 bridgehead atoms. The summed E-state index contributed by atoms with van der Waals surface area (Å²) in [6.45, 7) is 1.53. The summed E-state index contributed by atoms with van der Waals surface area (Å²) in [5.74, 6) is -1.47. The molecule has 0 saturated heterocycles. The molecule has 0 radical (unpaired) electrons. The second-order valence-corrected chi connectivity index (χ2v) is 6.44. The zero-order chi connectivity index (χ0) is 13.5. The van der Waals surface area contributed by atoms with Gasteiger partial charge in [0.2, 0.25) is 0 Å². The number of ether oxygens (including phenoxy) is 1. The molecule has 1 saturated carbocycles. The highest BCUT2D eigenvalue weighted by Gasteiger charge is 2.25. The number of carboxylic acids is 1. The van der Waals surface area contributed by atoms with Crippen LogP contribution in [0.1, 0.15) is 45.4 Å². The third kappa shape index (κ3) is 5.16. The normalized spacial score (nSPS) is 20.1. The lowest BCUT2D eigenvalue weighted by Crippen LogP contribution is -2.31. The Hall–Kier alpha value is -0.910. The quantitative estimate of drug-likeness (QED) is 0.743. The fourth-order valence-corrected chi connectivity index (χ4v) is 2.91. The molecule has 0 spiro atoms. The summed E-state index contributed by atoms with van der Waals surface area (Å²) in [7, 11) is -1.48. The molecule has 6 heteroatoms. The topological polar surface area (TPSA) is 80.7 Å². The molecule has 1 rings (SSSR count). The second-order valence-electron chi connectivity index (χ2n) is 4.57. The Morgan fingerprint density at radius 1 is 1.33 bits per heavy atom. The first-order valence-corrected chi connectivity index (χ1v) is 7.68. The average molecular weight is 276 g/mol. The highest BCUT2D eigenvalue weighted by molar-refractivity contribution is 7.86. The Balaban J connectivity index is 2.35. The van der Waals surface area contributed by atoms with Crippen LogP contribution in [0.4, 0.5) is 0 Å². The van der Waals surface area contributed by atoms with Gasteiger partial charge < -0.3 is 9.84 Å². The lowest BCUT2D eigenvalue weighted by molar-refractivity contribution is -0.149. The number of aliphatic carboxylic acids is 1. The van der Waals surface area contributed by atoms with E-state index in [4.69, 9.17) is 9.84 Å². The van der Waals surface area contributed by atoms with Gasteiger partial charge in [-0.15, -0.1) is 0 Å². The van der Waals surface area contributed by atoms with Crippen LogP contribution in [0, 0.1) is 0 Å². The Kier molecular flexibility index (Phi) is 6.32. The van der Waals surface area contributed by atoms with Gasteiger partial charge in [-0.3, -0.25) is 13.8 Å². The van der Waals surface area contributed by atoms with Crippen molar-refractivity contribution in [1.29, 1.82) is 0 Å². The fourth-order valence-electron chi connectivity index (χ4n) is 1.92. The minimum atomic E-state index is -1.48. The van der Waals surface area contributed by atoms with Crippen molar-refractivity contribution >= 4 is 22.7 Å². The number of carbonyl (C=O) groups excluding carboxylic acids is 1. The first-order chi connectivity index (χ1) is 8.50. The molecule has 0 aromatic heterocycles. The largest absolute Gasteiger partial charge is 0.481 e. The number of hydrogen-bond acceptors (Lipinski definition) is 4. The average Bonchev–Trinajstić information content (AvgIpc) is 2.36. The molecule has 0 aromatic carbocycles. The van der Waals surface area contributed by atoms with Crippen LogP contribution in [0.25, 0.3) is 0 Å². The van der Waals surface area contributed by atoms with Crippen molar-refractivity contribution in [3.05, 3.63) is 0 Å². The van der Waals surface area contributed by atoms with Crippen molar-refractivity contribution in [2.45, 2.75) is 56.8 Å². The third-order valence-corrected chi connectivity index (χ3v) is 4.67. The van der Waals surface area contributed by atoms with Gasteiger partial charge in [0.05, 0.1) is 6.42 Å². The molecular weight excluding hydrogens is 256 g/mol. The maximum atomic E-state index is 11.7. The number of esters is 1. The SMILES string of the molecule is CC(C(=O)OC1CCCCC1)S(=O)CCC(=O)O. The van der Waals surface area contributed by atoms with Gasteiger partial charge in [-0.25, -0.2) is 0 Å². The summed E-state index contributed by atoms with van der Waals surface area (Å²) in [6, 6.07) is 0. The van der Waals surface area contributed by atoms with E-state index in [1.807, 2.05) is 0 Å². The highest BCUT2D eigenvalue weighted by Crippen LogP contribution is 2.21. The first-order valence-electron chi connectivity index (χ1n) is 6.30. The summed E-state index contributed by atoms with van der Waals surface area (Å²) < 4.78 is 17.0. The Bertz CT molecular complexity index is 322. The van der Waals surface area contributed by atoms with Gasteiger partial charge in [0.15, 0.2) is 0 Å². The predicted octanol–water partition coefficient (Wildman–Crippen LogP) is 1.47. The van der Waals surface area contributed by atoms with Crippen molar-refractivity contribution in [2.24, 2.45) is 0 Å². The molecule has 2 unspecified atom stereocenters. The van der Waals surface area contributed by atoms with Crippen molar-refractivity contribution in [1.82, 2.24) is 0 Å². The molecule has 5 nitrogen and oxygen atoms in total. The van der Waals surface area contributed by atoms with Gasteiger partial charge in [0, 0.05) is 16.6 Å². The molecule has 0 aromatic rings.